The Labute approximate surface area is 166 Å². The van der Waals surface area contributed by atoms with Crippen LogP contribution in [0, 0.1) is 5.92 Å². The van der Waals surface area contributed by atoms with Crippen molar-refractivity contribution in [1.82, 2.24) is 20.0 Å². The molecular weight excluding hydrogens is 342 g/mol. The van der Waals surface area contributed by atoms with Crippen molar-refractivity contribution in [3.63, 3.8) is 0 Å². The van der Waals surface area contributed by atoms with Gasteiger partial charge in [-0.1, -0.05) is 6.92 Å². The van der Waals surface area contributed by atoms with Gasteiger partial charge >= 0.3 is 0 Å². The van der Waals surface area contributed by atoms with E-state index in [9.17, 15) is 4.79 Å². The van der Waals surface area contributed by atoms with Crippen LogP contribution in [0.25, 0.3) is 0 Å². The summed E-state index contributed by atoms with van der Waals surface area (Å²) in [5.41, 5.74) is 0. The number of piperidine rings is 1. The Morgan fingerprint density at radius 2 is 1.93 bits per heavy atom. The van der Waals surface area contributed by atoms with E-state index in [2.05, 4.69) is 34.1 Å². The molecule has 0 aliphatic carbocycles. The fraction of sp³-hybridized carbons (Fsp3) is 0.900. The number of carbonyl (C=O) groups excluding carboxylic acids is 1. The molecule has 1 aliphatic rings. The minimum Gasteiger partial charge on any atom is -0.383 e. The van der Waals surface area contributed by atoms with Crippen molar-refractivity contribution >= 4 is 11.9 Å². The van der Waals surface area contributed by atoms with Gasteiger partial charge in [0.1, 0.15) is 6.54 Å². The van der Waals surface area contributed by atoms with Gasteiger partial charge in [0.25, 0.3) is 0 Å². The summed E-state index contributed by atoms with van der Waals surface area (Å²) in [4.78, 5) is 22.7. The van der Waals surface area contributed by atoms with Crippen molar-refractivity contribution in [3.05, 3.63) is 0 Å². The SMILES string of the molecule is CCCNC(=NCC(=O)N(C)C)N1CCC(CCCN(C)CCOC)CC1. The molecule has 1 aliphatic heterocycles. The number of methoxy groups -OCH3 is 1. The van der Waals surface area contributed by atoms with Crippen molar-refractivity contribution in [3.8, 4) is 0 Å². The summed E-state index contributed by atoms with van der Waals surface area (Å²) in [6, 6.07) is 0. The van der Waals surface area contributed by atoms with E-state index in [0.717, 1.165) is 57.6 Å². The first-order valence-electron chi connectivity index (χ1n) is 10.4. The Kier molecular flexibility index (Phi) is 12.1. The first-order chi connectivity index (χ1) is 13.0. The Morgan fingerprint density at radius 1 is 1.22 bits per heavy atom. The molecule has 27 heavy (non-hydrogen) atoms. The Bertz CT molecular complexity index is 434. The summed E-state index contributed by atoms with van der Waals surface area (Å²) in [5, 5.41) is 3.41. The van der Waals surface area contributed by atoms with Crippen molar-refractivity contribution in [1.29, 1.82) is 0 Å². The van der Waals surface area contributed by atoms with Crippen LogP contribution in [0.3, 0.4) is 0 Å². The summed E-state index contributed by atoms with van der Waals surface area (Å²) in [6.07, 6.45) is 6.00. The number of nitrogens with zero attached hydrogens (tertiary/aromatic N) is 4. The number of likely N-dealkylation sites (N-methyl/N-ethyl adjacent to an activating group) is 2. The van der Waals surface area contributed by atoms with Crippen LogP contribution in [0.5, 0.6) is 0 Å². The Hall–Kier alpha value is -1.34. The fourth-order valence-electron chi connectivity index (χ4n) is 3.23. The number of nitrogens with one attached hydrogen (secondary N) is 1. The standard InChI is InChI=1S/C20H41N5O2/c1-6-11-21-20(22-17-19(26)23(2)3)25-13-9-18(10-14-25)8-7-12-24(4)15-16-27-5/h18H,6-17H2,1-5H3,(H,21,22). The summed E-state index contributed by atoms with van der Waals surface area (Å²) >= 11 is 0. The molecule has 1 rings (SSSR count). The van der Waals surface area contributed by atoms with Crippen molar-refractivity contribution in [2.45, 2.75) is 39.0 Å². The molecule has 0 saturated carbocycles. The third-order valence-corrected chi connectivity index (χ3v) is 5.14. The maximum absolute atomic E-state index is 11.9. The summed E-state index contributed by atoms with van der Waals surface area (Å²) in [6.45, 7) is 8.25. The highest BCUT2D eigenvalue weighted by molar-refractivity contribution is 5.84. The van der Waals surface area contributed by atoms with Crippen LogP contribution in [-0.2, 0) is 9.53 Å². The van der Waals surface area contributed by atoms with E-state index in [4.69, 9.17) is 4.74 Å². The van der Waals surface area contributed by atoms with Crippen LogP contribution < -0.4 is 5.32 Å². The molecule has 0 bridgehead atoms. The minimum atomic E-state index is 0.0401. The van der Waals surface area contributed by atoms with Crippen LogP contribution in [0.1, 0.15) is 39.0 Å². The highest BCUT2D eigenvalue weighted by atomic mass is 16.5. The molecule has 0 aromatic heterocycles. The highest BCUT2D eigenvalue weighted by Gasteiger charge is 2.21. The molecule has 0 radical (unpaired) electrons. The smallest absolute Gasteiger partial charge is 0.243 e. The number of aliphatic imine (C=N–C) groups is 1. The predicted molar refractivity (Wildman–Crippen MR) is 112 cm³/mol. The number of carbonyl (C=O) groups is 1. The maximum Gasteiger partial charge on any atom is 0.243 e. The number of ether oxygens (including phenoxy) is 1. The average Bonchev–Trinajstić information content (AvgIpc) is 2.66. The number of likely N-dealkylation sites (tertiary alicyclic amines) is 1. The van der Waals surface area contributed by atoms with Gasteiger partial charge in [-0.25, -0.2) is 4.99 Å². The second kappa shape index (κ2) is 13.8. The Balaban J connectivity index is 2.39. The number of hydrogen-bond acceptors (Lipinski definition) is 4. The van der Waals surface area contributed by atoms with Crippen LogP contribution in [0.4, 0.5) is 0 Å². The van der Waals surface area contributed by atoms with Crippen molar-refractivity contribution in [2.75, 3.05) is 74.1 Å². The normalized spacial score (nSPS) is 16.1. The second-order valence-corrected chi connectivity index (χ2v) is 7.72. The van der Waals surface area contributed by atoms with E-state index < -0.39 is 0 Å². The van der Waals surface area contributed by atoms with Gasteiger partial charge in [-0.2, -0.15) is 0 Å². The first-order valence-corrected chi connectivity index (χ1v) is 10.4. The molecule has 7 heteroatoms. The van der Waals surface area contributed by atoms with E-state index >= 15 is 0 Å². The largest absolute Gasteiger partial charge is 0.383 e. The third-order valence-electron chi connectivity index (χ3n) is 5.14. The second-order valence-electron chi connectivity index (χ2n) is 7.72. The maximum atomic E-state index is 11.9. The lowest BCUT2D eigenvalue weighted by Gasteiger charge is -2.34. The topological polar surface area (TPSA) is 60.4 Å². The molecule has 1 N–H and O–H groups in total. The van der Waals surface area contributed by atoms with Crippen LogP contribution in [0.15, 0.2) is 4.99 Å². The summed E-state index contributed by atoms with van der Waals surface area (Å²) in [7, 11) is 7.47. The van der Waals surface area contributed by atoms with Crippen LogP contribution in [-0.4, -0.2) is 101 Å². The van der Waals surface area contributed by atoms with E-state index in [1.807, 2.05) is 0 Å². The van der Waals surface area contributed by atoms with Gasteiger partial charge in [0.2, 0.25) is 5.91 Å². The monoisotopic (exact) mass is 383 g/mol. The molecular formula is C20H41N5O2. The average molecular weight is 384 g/mol. The molecule has 0 aromatic rings. The van der Waals surface area contributed by atoms with Gasteiger partial charge in [-0.15, -0.1) is 0 Å². The highest BCUT2D eigenvalue weighted by Crippen LogP contribution is 2.22. The zero-order chi connectivity index (χ0) is 20.1. The molecule has 7 nitrogen and oxygen atoms in total. The van der Waals surface area contributed by atoms with Gasteiger partial charge in [-0.05, 0) is 51.6 Å². The van der Waals surface area contributed by atoms with E-state index in [1.165, 1.54) is 25.7 Å². The van der Waals surface area contributed by atoms with Crippen molar-refractivity contribution < 1.29 is 9.53 Å². The lowest BCUT2D eigenvalue weighted by Crippen LogP contribution is -2.46. The molecule has 0 spiro atoms. The number of guanidine groups is 1. The third kappa shape index (κ3) is 9.96. The molecule has 1 fully saturated rings. The molecule has 0 aromatic carbocycles. The fourth-order valence-corrected chi connectivity index (χ4v) is 3.23. The molecule has 1 saturated heterocycles. The van der Waals surface area contributed by atoms with Gasteiger partial charge in [0.15, 0.2) is 5.96 Å². The predicted octanol–water partition coefficient (Wildman–Crippen LogP) is 1.50. The van der Waals surface area contributed by atoms with Gasteiger partial charge < -0.3 is 24.8 Å². The van der Waals surface area contributed by atoms with E-state index in [-0.39, 0.29) is 12.5 Å². The van der Waals surface area contributed by atoms with Crippen molar-refractivity contribution in [2.24, 2.45) is 10.9 Å². The molecule has 0 unspecified atom stereocenters. The minimum absolute atomic E-state index is 0.0401. The lowest BCUT2D eigenvalue weighted by molar-refractivity contribution is -0.127. The Morgan fingerprint density at radius 3 is 2.52 bits per heavy atom. The molecule has 0 atom stereocenters. The number of rotatable bonds is 11. The zero-order valence-electron chi connectivity index (χ0n) is 18.2. The van der Waals surface area contributed by atoms with Crippen LogP contribution in [0.2, 0.25) is 0 Å². The number of hydrogen-bond donors (Lipinski definition) is 1. The van der Waals surface area contributed by atoms with E-state index in [1.54, 1.807) is 26.1 Å². The molecule has 1 amide bonds. The molecule has 158 valence electrons. The summed E-state index contributed by atoms with van der Waals surface area (Å²) in [5.74, 6) is 1.73. The zero-order valence-corrected chi connectivity index (χ0v) is 18.2. The van der Waals surface area contributed by atoms with Crippen LogP contribution >= 0.6 is 0 Å². The number of amides is 1. The quantitative estimate of drug-likeness (QED) is 0.433. The van der Waals surface area contributed by atoms with Gasteiger partial charge in [-0.3, -0.25) is 4.79 Å². The summed E-state index contributed by atoms with van der Waals surface area (Å²) < 4.78 is 5.13. The van der Waals surface area contributed by atoms with Gasteiger partial charge in [0, 0.05) is 47.4 Å². The van der Waals surface area contributed by atoms with E-state index in [0.29, 0.717) is 0 Å². The van der Waals surface area contributed by atoms with Gasteiger partial charge in [0.05, 0.1) is 6.61 Å². The lowest BCUT2D eigenvalue weighted by atomic mass is 9.92. The first kappa shape index (κ1) is 23.7. The molecule has 1 heterocycles.